The molecule has 0 aliphatic carbocycles. The van der Waals surface area contributed by atoms with Crippen molar-refractivity contribution in [2.45, 2.75) is 70.5 Å². The Morgan fingerprint density at radius 2 is 1.61 bits per heavy atom. The minimum atomic E-state index is 0.320. The largest absolute Gasteiger partial charge is 0.395 e. The van der Waals surface area contributed by atoms with Crippen LogP contribution in [0.5, 0.6) is 0 Å². The van der Waals surface area contributed by atoms with Gasteiger partial charge in [-0.25, -0.2) is 0 Å². The van der Waals surface area contributed by atoms with Crippen LogP contribution in [0.3, 0.4) is 0 Å². The van der Waals surface area contributed by atoms with Crippen LogP contribution in [0, 0.1) is 0 Å². The minimum Gasteiger partial charge on any atom is -0.395 e. The van der Waals surface area contributed by atoms with Crippen LogP contribution in [-0.4, -0.2) is 60.3 Å². The van der Waals surface area contributed by atoms with Crippen LogP contribution in [0.2, 0.25) is 0 Å². The average Bonchev–Trinajstić information content (AvgIpc) is 2.37. The van der Waals surface area contributed by atoms with Gasteiger partial charge in [0.1, 0.15) is 0 Å². The lowest BCUT2D eigenvalue weighted by atomic mass is 9.98. The molecule has 0 aromatic rings. The fraction of sp³-hybridized carbons (Fsp3) is 1.00. The van der Waals surface area contributed by atoms with Gasteiger partial charge in [-0.3, -0.25) is 4.90 Å². The molecule has 3 nitrogen and oxygen atoms in total. The van der Waals surface area contributed by atoms with Crippen LogP contribution in [0.1, 0.15) is 52.4 Å². The number of rotatable bonds is 1. The van der Waals surface area contributed by atoms with Crippen molar-refractivity contribution in [3.63, 3.8) is 0 Å². The van der Waals surface area contributed by atoms with Crippen molar-refractivity contribution in [2.75, 3.05) is 27.2 Å². The second kappa shape index (κ2) is 8.13. The maximum Gasteiger partial charge on any atom is 0.0586 e. The molecule has 3 heteroatoms. The molecule has 0 saturated carbocycles. The minimum absolute atomic E-state index is 0.320. The van der Waals surface area contributed by atoms with Crippen LogP contribution in [-0.2, 0) is 0 Å². The lowest BCUT2D eigenvalue weighted by molar-refractivity contribution is 0.0759. The highest BCUT2D eigenvalue weighted by Crippen LogP contribution is 2.19. The van der Waals surface area contributed by atoms with Crippen molar-refractivity contribution in [2.24, 2.45) is 0 Å². The van der Waals surface area contributed by atoms with Crippen molar-refractivity contribution >= 4 is 0 Å². The monoisotopic (exact) mass is 256 g/mol. The second-order valence-electron chi connectivity index (χ2n) is 6.11. The molecule has 2 aliphatic heterocycles. The van der Waals surface area contributed by atoms with Crippen molar-refractivity contribution in [3.8, 4) is 0 Å². The molecule has 0 aromatic carbocycles. The summed E-state index contributed by atoms with van der Waals surface area (Å²) in [6.45, 7) is 6.16. The van der Waals surface area contributed by atoms with E-state index in [0.29, 0.717) is 18.7 Å². The zero-order valence-electron chi connectivity index (χ0n) is 12.7. The van der Waals surface area contributed by atoms with Crippen LogP contribution in [0.4, 0.5) is 0 Å². The predicted molar refractivity (Wildman–Crippen MR) is 77.9 cm³/mol. The summed E-state index contributed by atoms with van der Waals surface area (Å²) >= 11 is 0. The number of nitrogens with zero attached hydrogens (tertiary/aromatic N) is 2. The van der Waals surface area contributed by atoms with E-state index < -0.39 is 0 Å². The molecule has 0 bridgehead atoms. The quantitative estimate of drug-likeness (QED) is 0.780. The van der Waals surface area contributed by atoms with E-state index >= 15 is 0 Å². The molecule has 2 fully saturated rings. The van der Waals surface area contributed by atoms with Crippen molar-refractivity contribution < 1.29 is 5.11 Å². The highest BCUT2D eigenvalue weighted by molar-refractivity contribution is 4.78. The lowest BCUT2D eigenvalue weighted by Crippen LogP contribution is -2.44. The van der Waals surface area contributed by atoms with E-state index in [1.165, 1.54) is 38.6 Å². The Morgan fingerprint density at radius 3 is 2.06 bits per heavy atom. The topological polar surface area (TPSA) is 26.7 Å². The van der Waals surface area contributed by atoms with Crippen LogP contribution in [0.15, 0.2) is 0 Å². The summed E-state index contributed by atoms with van der Waals surface area (Å²) in [6, 6.07) is 1.92. The molecule has 0 radical (unpaired) electrons. The van der Waals surface area contributed by atoms with Gasteiger partial charge in [0.2, 0.25) is 0 Å². The molecule has 0 amide bonds. The lowest BCUT2D eigenvalue weighted by Gasteiger charge is -2.36. The Kier molecular flexibility index (Phi) is 7.20. The molecule has 2 aliphatic rings. The van der Waals surface area contributed by atoms with E-state index in [2.05, 4.69) is 37.7 Å². The van der Waals surface area contributed by atoms with Crippen LogP contribution in [0.25, 0.3) is 0 Å². The highest BCUT2D eigenvalue weighted by atomic mass is 16.3. The third kappa shape index (κ3) is 4.87. The van der Waals surface area contributed by atoms with E-state index in [4.69, 9.17) is 5.11 Å². The molecule has 3 atom stereocenters. The summed E-state index contributed by atoms with van der Waals surface area (Å²) in [4.78, 5) is 4.72. The second-order valence-corrected chi connectivity index (χ2v) is 6.11. The van der Waals surface area contributed by atoms with E-state index in [9.17, 15) is 0 Å². The summed E-state index contributed by atoms with van der Waals surface area (Å²) in [7, 11) is 4.31. The Bertz CT molecular complexity index is 213. The van der Waals surface area contributed by atoms with Gasteiger partial charge >= 0.3 is 0 Å². The summed E-state index contributed by atoms with van der Waals surface area (Å²) in [6.07, 6.45) is 7.96. The molecular formula is C15H32N2O. The van der Waals surface area contributed by atoms with Gasteiger partial charge in [-0.1, -0.05) is 12.8 Å². The molecule has 1 N–H and O–H groups in total. The molecule has 2 saturated heterocycles. The number of hydrogen-bond acceptors (Lipinski definition) is 3. The predicted octanol–water partition coefficient (Wildman–Crippen LogP) is 2.34. The first kappa shape index (κ1) is 15.9. The number of aliphatic hydroxyl groups excluding tert-OH is 1. The van der Waals surface area contributed by atoms with Gasteiger partial charge in [0.05, 0.1) is 6.61 Å². The number of hydrogen-bond donors (Lipinski definition) is 1. The molecular weight excluding hydrogens is 224 g/mol. The van der Waals surface area contributed by atoms with Gasteiger partial charge in [0.25, 0.3) is 0 Å². The summed E-state index contributed by atoms with van der Waals surface area (Å²) in [5.41, 5.74) is 0. The molecule has 2 heterocycles. The van der Waals surface area contributed by atoms with Gasteiger partial charge in [0.15, 0.2) is 0 Å². The summed E-state index contributed by atoms with van der Waals surface area (Å²) < 4.78 is 0. The third-order valence-corrected chi connectivity index (χ3v) is 4.78. The van der Waals surface area contributed by atoms with Gasteiger partial charge in [0, 0.05) is 18.1 Å². The van der Waals surface area contributed by atoms with E-state index in [1.54, 1.807) is 0 Å². The molecule has 108 valence electrons. The maximum absolute atomic E-state index is 8.94. The molecule has 2 rings (SSSR count). The molecule has 0 aromatic heterocycles. The first-order valence-corrected chi connectivity index (χ1v) is 7.59. The first-order valence-electron chi connectivity index (χ1n) is 7.59. The van der Waals surface area contributed by atoms with E-state index in [-0.39, 0.29) is 0 Å². The fourth-order valence-corrected chi connectivity index (χ4v) is 2.88. The molecule has 18 heavy (non-hydrogen) atoms. The number of piperidine rings is 2. The van der Waals surface area contributed by atoms with E-state index in [1.807, 2.05) is 0 Å². The fourth-order valence-electron chi connectivity index (χ4n) is 2.88. The Balaban J connectivity index is 0.000000184. The number of aliphatic hydroxyl groups is 1. The standard InChI is InChI=1S/C8H17NO.C7H15N/c1-7-4-3-5-8(6-10)9(7)2;1-7-5-3-4-6-8(7)2/h7-8,10H,3-6H2,1-2H3;7H,3-6H2,1-2H3/t;7-/m.0/s1. The Morgan fingerprint density at radius 1 is 0.944 bits per heavy atom. The summed E-state index contributed by atoms with van der Waals surface area (Å²) in [5, 5.41) is 8.94. The Labute approximate surface area is 113 Å². The van der Waals surface area contributed by atoms with Gasteiger partial charge in [-0.05, 0) is 60.2 Å². The van der Waals surface area contributed by atoms with E-state index in [0.717, 1.165) is 12.5 Å². The van der Waals surface area contributed by atoms with Gasteiger partial charge in [-0.15, -0.1) is 0 Å². The van der Waals surface area contributed by atoms with Crippen molar-refractivity contribution in [1.82, 2.24) is 9.80 Å². The van der Waals surface area contributed by atoms with Crippen LogP contribution >= 0.6 is 0 Å². The zero-order valence-corrected chi connectivity index (χ0v) is 12.7. The molecule has 0 spiro atoms. The first-order chi connectivity index (χ1) is 8.56. The zero-order chi connectivity index (χ0) is 13.5. The average molecular weight is 256 g/mol. The Hall–Kier alpha value is -0.120. The molecule has 2 unspecified atom stereocenters. The smallest absolute Gasteiger partial charge is 0.0586 e. The van der Waals surface area contributed by atoms with Gasteiger partial charge in [-0.2, -0.15) is 0 Å². The van der Waals surface area contributed by atoms with Gasteiger partial charge < -0.3 is 10.0 Å². The third-order valence-electron chi connectivity index (χ3n) is 4.78. The SMILES string of the molecule is CC1CCCC(CO)N1C.C[C@H]1CCCCN1C. The maximum atomic E-state index is 8.94. The normalized spacial score (nSPS) is 34.8. The van der Waals surface area contributed by atoms with Crippen LogP contribution < -0.4 is 0 Å². The number of likely N-dealkylation sites (tertiary alicyclic amines) is 2. The summed E-state index contributed by atoms with van der Waals surface area (Å²) in [5.74, 6) is 0. The highest BCUT2D eigenvalue weighted by Gasteiger charge is 2.23. The van der Waals surface area contributed by atoms with Crippen molar-refractivity contribution in [1.29, 1.82) is 0 Å². The van der Waals surface area contributed by atoms with Crippen molar-refractivity contribution in [3.05, 3.63) is 0 Å². The number of likely N-dealkylation sites (N-methyl/N-ethyl adjacent to an activating group) is 1.